The Kier molecular flexibility index (Phi) is 17.8. The molecule has 230 valence electrons. The van der Waals surface area contributed by atoms with Crippen molar-refractivity contribution < 1.29 is 38.0 Å². The van der Waals surface area contributed by atoms with E-state index in [2.05, 4.69) is 37.4 Å². The van der Waals surface area contributed by atoms with Gasteiger partial charge in [-0.05, 0) is 43.0 Å². The van der Waals surface area contributed by atoms with E-state index in [1.54, 1.807) is 0 Å². The molecule has 1 N–H and O–H groups in total. The third-order valence-corrected chi connectivity index (χ3v) is 6.04. The molecule has 0 saturated carbocycles. The molecule has 1 aromatic carbocycles. The van der Waals surface area contributed by atoms with Gasteiger partial charge in [0.05, 0.1) is 84.9 Å². The Hall–Kier alpha value is -2.67. The number of nitrogens with one attached hydrogen (secondary N) is 1. The molecule has 2 aromatic rings. The zero-order valence-electron chi connectivity index (χ0n) is 25.0. The predicted octanol–water partition coefficient (Wildman–Crippen LogP) is 3.03. The van der Waals surface area contributed by atoms with Crippen molar-refractivity contribution in [1.29, 1.82) is 0 Å². The van der Waals surface area contributed by atoms with Gasteiger partial charge >= 0.3 is 0 Å². The highest BCUT2D eigenvalue weighted by atomic mass is 16.6. The van der Waals surface area contributed by atoms with E-state index in [4.69, 9.17) is 28.4 Å². The van der Waals surface area contributed by atoms with Crippen molar-refractivity contribution in [3.8, 4) is 0 Å². The van der Waals surface area contributed by atoms with Crippen molar-refractivity contribution in [3.63, 3.8) is 0 Å². The van der Waals surface area contributed by atoms with E-state index in [9.17, 15) is 9.59 Å². The number of aromatic nitrogens is 2. The first-order chi connectivity index (χ1) is 19.9. The minimum absolute atomic E-state index is 0.000696. The first-order valence-electron chi connectivity index (χ1n) is 14.3. The molecule has 0 aliphatic rings. The van der Waals surface area contributed by atoms with Crippen LogP contribution in [0, 0.1) is 0 Å². The Labute approximate surface area is 243 Å². The van der Waals surface area contributed by atoms with Crippen LogP contribution in [0.25, 0.3) is 0 Å². The average molecular weight is 578 g/mol. The van der Waals surface area contributed by atoms with E-state index < -0.39 is 0 Å². The van der Waals surface area contributed by atoms with Gasteiger partial charge in [-0.2, -0.15) is 5.10 Å². The quantitative estimate of drug-likeness (QED) is 0.188. The SMILES string of the molecule is CC(=O)COCCOCCOCCOCCOCCOCCNC(=O)c1ccc(C(C)n2cc(C(C)C)cn2)cc1. The highest BCUT2D eigenvalue weighted by Gasteiger charge is 2.12. The lowest BCUT2D eigenvalue weighted by Gasteiger charge is -2.13. The number of hydrogen-bond donors (Lipinski definition) is 1. The van der Waals surface area contributed by atoms with Crippen LogP contribution in [0.3, 0.4) is 0 Å². The lowest BCUT2D eigenvalue weighted by atomic mass is 10.1. The number of ether oxygens (including phenoxy) is 6. The minimum Gasteiger partial charge on any atom is -0.377 e. The van der Waals surface area contributed by atoms with E-state index in [0.717, 1.165) is 5.56 Å². The molecule has 1 amide bonds. The number of benzene rings is 1. The maximum atomic E-state index is 12.4. The van der Waals surface area contributed by atoms with Crippen LogP contribution in [0.2, 0.25) is 0 Å². The van der Waals surface area contributed by atoms with Crippen molar-refractivity contribution in [2.24, 2.45) is 0 Å². The maximum absolute atomic E-state index is 12.4. The first kappa shape index (κ1) is 34.5. The first-order valence-corrected chi connectivity index (χ1v) is 14.3. The molecule has 0 aliphatic carbocycles. The fraction of sp³-hybridized carbons (Fsp3) is 0.633. The topological polar surface area (TPSA) is 119 Å². The van der Waals surface area contributed by atoms with Crippen molar-refractivity contribution in [1.82, 2.24) is 15.1 Å². The van der Waals surface area contributed by atoms with E-state index in [0.29, 0.717) is 90.7 Å². The third kappa shape index (κ3) is 15.2. The lowest BCUT2D eigenvalue weighted by molar-refractivity contribution is -0.122. The lowest BCUT2D eigenvalue weighted by Crippen LogP contribution is -2.27. The molecule has 11 heteroatoms. The van der Waals surface area contributed by atoms with Crippen LogP contribution >= 0.6 is 0 Å². The Morgan fingerprint density at radius 3 is 1.68 bits per heavy atom. The Balaban J connectivity index is 1.39. The van der Waals surface area contributed by atoms with Gasteiger partial charge < -0.3 is 33.7 Å². The summed E-state index contributed by atoms with van der Waals surface area (Å²) in [6, 6.07) is 7.70. The predicted molar refractivity (Wildman–Crippen MR) is 154 cm³/mol. The van der Waals surface area contributed by atoms with Crippen LogP contribution in [0.1, 0.15) is 61.1 Å². The number of carbonyl (C=O) groups is 2. The molecule has 41 heavy (non-hydrogen) atoms. The number of amides is 1. The van der Waals surface area contributed by atoms with Gasteiger partial charge in [0.1, 0.15) is 6.61 Å². The van der Waals surface area contributed by atoms with Gasteiger partial charge in [0.15, 0.2) is 5.78 Å². The van der Waals surface area contributed by atoms with Gasteiger partial charge in [-0.15, -0.1) is 0 Å². The summed E-state index contributed by atoms with van der Waals surface area (Å²) in [5, 5.41) is 7.35. The van der Waals surface area contributed by atoms with Gasteiger partial charge in [-0.1, -0.05) is 26.0 Å². The molecule has 2 rings (SSSR count). The van der Waals surface area contributed by atoms with Crippen LogP contribution in [-0.2, 0) is 33.2 Å². The summed E-state index contributed by atoms with van der Waals surface area (Å²) >= 11 is 0. The molecule has 0 saturated heterocycles. The average Bonchev–Trinajstić information content (AvgIpc) is 3.46. The molecule has 1 aromatic heterocycles. The summed E-state index contributed by atoms with van der Waals surface area (Å²) in [7, 11) is 0. The zero-order chi connectivity index (χ0) is 29.7. The molecule has 0 fully saturated rings. The van der Waals surface area contributed by atoms with Crippen LogP contribution in [0.15, 0.2) is 36.7 Å². The number of nitrogens with zero attached hydrogens (tertiary/aromatic N) is 2. The molecule has 11 nitrogen and oxygen atoms in total. The van der Waals surface area contributed by atoms with Crippen LogP contribution in [-0.4, -0.2) is 107 Å². The van der Waals surface area contributed by atoms with E-state index in [1.807, 2.05) is 35.1 Å². The monoisotopic (exact) mass is 577 g/mol. The molecule has 0 bridgehead atoms. The number of Topliss-reactive ketones (excluding diaryl/α,β-unsaturated/α-hetero) is 1. The number of rotatable bonds is 24. The summed E-state index contributed by atoms with van der Waals surface area (Å²) in [4.78, 5) is 23.1. The molecule has 0 radical (unpaired) electrons. The van der Waals surface area contributed by atoms with Gasteiger partial charge in [0.2, 0.25) is 0 Å². The molecule has 0 aliphatic heterocycles. The maximum Gasteiger partial charge on any atom is 0.251 e. The molecular weight excluding hydrogens is 530 g/mol. The molecule has 1 heterocycles. The highest BCUT2D eigenvalue weighted by Crippen LogP contribution is 2.20. The van der Waals surface area contributed by atoms with Crippen LogP contribution < -0.4 is 5.32 Å². The normalized spacial score (nSPS) is 12.1. The fourth-order valence-electron chi connectivity index (χ4n) is 3.58. The Morgan fingerprint density at radius 2 is 1.22 bits per heavy atom. The summed E-state index contributed by atoms with van der Waals surface area (Å²) in [5.41, 5.74) is 2.91. The summed E-state index contributed by atoms with van der Waals surface area (Å²) in [6.07, 6.45) is 3.98. The van der Waals surface area contributed by atoms with E-state index in [1.165, 1.54) is 12.5 Å². The Bertz CT molecular complexity index is 980. The number of carbonyl (C=O) groups excluding carboxylic acids is 2. The smallest absolute Gasteiger partial charge is 0.251 e. The molecule has 1 unspecified atom stereocenters. The van der Waals surface area contributed by atoms with E-state index >= 15 is 0 Å². The Morgan fingerprint density at radius 1 is 0.732 bits per heavy atom. The van der Waals surface area contributed by atoms with E-state index in [-0.39, 0.29) is 24.3 Å². The molecular formula is C30H47N3O8. The molecule has 1 atom stereocenters. The third-order valence-electron chi connectivity index (χ3n) is 6.04. The van der Waals surface area contributed by atoms with Crippen molar-refractivity contribution in [2.45, 2.75) is 39.7 Å². The number of hydrogen-bond acceptors (Lipinski definition) is 9. The largest absolute Gasteiger partial charge is 0.377 e. The van der Waals surface area contributed by atoms with Crippen LogP contribution in [0.4, 0.5) is 0 Å². The molecule has 0 spiro atoms. The van der Waals surface area contributed by atoms with Crippen molar-refractivity contribution in [3.05, 3.63) is 53.3 Å². The van der Waals surface area contributed by atoms with Gasteiger partial charge in [0.25, 0.3) is 5.91 Å². The summed E-state index contributed by atoms with van der Waals surface area (Å²) in [6.45, 7) is 13.4. The second-order valence-corrected chi connectivity index (χ2v) is 9.78. The fourth-order valence-corrected chi connectivity index (χ4v) is 3.58. The van der Waals surface area contributed by atoms with Gasteiger partial charge in [0, 0.05) is 18.3 Å². The number of ketones is 1. The van der Waals surface area contributed by atoms with Crippen LogP contribution in [0.5, 0.6) is 0 Å². The van der Waals surface area contributed by atoms with Gasteiger partial charge in [-0.3, -0.25) is 14.3 Å². The van der Waals surface area contributed by atoms with Crippen molar-refractivity contribution >= 4 is 11.7 Å². The van der Waals surface area contributed by atoms with Crippen molar-refractivity contribution in [2.75, 3.05) is 85.8 Å². The standard InChI is InChI=1S/C30H47N3O8/c1-24(2)29-21-32-33(22-29)26(4)27-5-7-28(8-6-27)30(35)31-9-10-36-11-12-37-13-14-38-15-16-39-17-18-40-19-20-41-23-25(3)34/h5-8,21-22,24,26H,9-20,23H2,1-4H3,(H,31,35). The minimum atomic E-state index is -0.130. The highest BCUT2D eigenvalue weighted by molar-refractivity contribution is 5.94. The second kappa shape index (κ2) is 21.1. The summed E-state index contributed by atoms with van der Waals surface area (Å²) < 4.78 is 34.2. The summed E-state index contributed by atoms with van der Waals surface area (Å²) in [5.74, 6) is 0.307. The zero-order valence-corrected chi connectivity index (χ0v) is 25.0. The second-order valence-electron chi connectivity index (χ2n) is 9.78. The van der Waals surface area contributed by atoms with Gasteiger partial charge in [-0.25, -0.2) is 0 Å².